The topological polar surface area (TPSA) is 144 Å². The largest absolute Gasteiger partial charge is 0.479 e. The number of benzene rings is 2. The molecule has 37 heavy (non-hydrogen) atoms. The number of aliphatic carboxylic acids is 1. The maximum Gasteiger partial charge on any atom is 0.335 e. The van der Waals surface area contributed by atoms with Crippen LogP contribution >= 0.6 is 0 Å². The Kier molecular flexibility index (Phi) is 8.48. The fourth-order valence-electron chi connectivity index (χ4n) is 3.94. The van der Waals surface area contributed by atoms with Gasteiger partial charge >= 0.3 is 5.97 Å². The van der Waals surface area contributed by atoms with E-state index in [0.717, 1.165) is 22.3 Å². The molecule has 2 atom stereocenters. The minimum Gasteiger partial charge on any atom is -0.479 e. The Morgan fingerprint density at radius 3 is 2.03 bits per heavy atom. The summed E-state index contributed by atoms with van der Waals surface area (Å²) < 4.78 is 1.38. The van der Waals surface area contributed by atoms with Crippen LogP contribution in [0, 0.1) is 16.7 Å². The summed E-state index contributed by atoms with van der Waals surface area (Å²) in [5, 5.41) is 34.0. The van der Waals surface area contributed by atoms with E-state index in [9.17, 15) is 24.6 Å². The fourth-order valence-corrected chi connectivity index (χ4v) is 3.94. The second kappa shape index (κ2) is 11.5. The van der Waals surface area contributed by atoms with Crippen molar-refractivity contribution in [1.82, 2.24) is 15.2 Å². The lowest BCUT2D eigenvalue weighted by molar-refractivity contribution is -0.152. The van der Waals surface area contributed by atoms with Gasteiger partial charge in [0, 0.05) is 32.4 Å². The number of carbonyl (C=O) groups excluding carboxylic acids is 2. The summed E-state index contributed by atoms with van der Waals surface area (Å²) >= 11 is 0. The summed E-state index contributed by atoms with van der Waals surface area (Å²) in [6.07, 6.45) is 1.36. The quantitative estimate of drug-likeness (QED) is 0.335. The van der Waals surface area contributed by atoms with Crippen LogP contribution in [0.5, 0.6) is 0 Å². The fraction of sp³-hybridized carbons (Fsp3) is 0.286. The average Bonchev–Trinajstić information content (AvgIpc) is 3.37. The van der Waals surface area contributed by atoms with Crippen LogP contribution in [0.1, 0.15) is 31.9 Å². The van der Waals surface area contributed by atoms with Crippen LogP contribution < -0.4 is 10.6 Å². The van der Waals surface area contributed by atoms with Crippen LogP contribution in [0.3, 0.4) is 0 Å². The van der Waals surface area contributed by atoms with Crippen molar-refractivity contribution in [2.24, 2.45) is 5.41 Å². The number of nitrogens with zero attached hydrogens (tertiary/aromatic N) is 2. The lowest BCUT2D eigenvalue weighted by Crippen LogP contribution is -2.45. The summed E-state index contributed by atoms with van der Waals surface area (Å²) in [6.45, 7) is 3.73. The van der Waals surface area contributed by atoms with Gasteiger partial charge in [0.15, 0.2) is 6.10 Å². The summed E-state index contributed by atoms with van der Waals surface area (Å²) in [7, 11) is 1.53. The molecule has 3 rings (SSSR count). The molecule has 0 fully saturated rings. The predicted molar refractivity (Wildman–Crippen MR) is 138 cm³/mol. The SMILES string of the molecule is CNC(=O)CC(C)(C)CNC(=O)[C@@H]([C@H](O)C(=O)O)n1ccc(-c2ccc(-c3ccc(C#N)cc3)cc2)c1. The number of nitriles is 1. The minimum atomic E-state index is -1.97. The molecule has 3 aromatic rings. The zero-order valence-electron chi connectivity index (χ0n) is 20.9. The first-order valence-corrected chi connectivity index (χ1v) is 11.7. The molecule has 0 spiro atoms. The second-order valence-corrected chi connectivity index (χ2v) is 9.57. The van der Waals surface area contributed by atoms with Crippen LogP contribution in [0.15, 0.2) is 67.0 Å². The molecule has 0 radical (unpaired) electrons. The average molecular weight is 503 g/mol. The molecular weight excluding hydrogens is 472 g/mol. The van der Waals surface area contributed by atoms with Gasteiger partial charge in [0.2, 0.25) is 11.8 Å². The van der Waals surface area contributed by atoms with Crippen molar-refractivity contribution in [3.8, 4) is 28.3 Å². The highest BCUT2D eigenvalue weighted by molar-refractivity contribution is 5.87. The summed E-state index contributed by atoms with van der Waals surface area (Å²) in [6, 6.07) is 17.3. The van der Waals surface area contributed by atoms with Gasteiger partial charge in [-0.3, -0.25) is 9.59 Å². The van der Waals surface area contributed by atoms with Gasteiger partial charge in [-0.25, -0.2) is 4.79 Å². The molecule has 0 saturated carbocycles. The van der Waals surface area contributed by atoms with E-state index in [-0.39, 0.29) is 18.9 Å². The van der Waals surface area contributed by atoms with Crippen molar-refractivity contribution in [2.45, 2.75) is 32.4 Å². The molecule has 1 aromatic heterocycles. The number of aromatic nitrogens is 1. The van der Waals surface area contributed by atoms with E-state index in [1.807, 2.05) is 36.4 Å². The maximum atomic E-state index is 13.0. The van der Waals surface area contributed by atoms with Crippen LogP contribution in [0.25, 0.3) is 22.3 Å². The number of hydrogen-bond donors (Lipinski definition) is 4. The Morgan fingerprint density at radius 2 is 1.51 bits per heavy atom. The third-order valence-corrected chi connectivity index (χ3v) is 6.08. The van der Waals surface area contributed by atoms with Crippen molar-refractivity contribution in [1.29, 1.82) is 5.26 Å². The third-order valence-electron chi connectivity index (χ3n) is 6.08. The van der Waals surface area contributed by atoms with Crippen LogP contribution in [-0.4, -0.2) is 52.3 Å². The van der Waals surface area contributed by atoms with Crippen LogP contribution in [0.4, 0.5) is 0 Å². The molecule has 0 aliphatic rings. The van der Waals surface area contributed by atoms with Gasteiger partial charge in [0.05, 0.1) is 11.6 Å². The van der Waals surface area contributed by atoms with Crippen molar-refractivity contribution in [3.05, 3.63) is 72.6 Å². The van der Waals surface area contributed by atoms with Crippen LogP contribution in [0.2, 0.25) is 0 Å². The number of aliphatic hydroxyl groups is 1. The standard InChI is InChI=1S/C28H30N4O5/c1-28(2,14-23(33)30-3)17-31-26(35)24(25(34)27(36)37)32-13-12-22(16-32)21-10-8-20(9-11-21)19-6-4-18(15-29)5-7-19/h4-13,16,24-25,34H,14,17H2,1-3H3,(H,30,33)(H,31,35)(H,36,37)/t24-,25+/m1/s1. The molecule has 1 heterocycles. The smallest absolute Gasteiger partial charge is 0.335 e. The maximum absolute atomic E-state index is 13.0. The molecule has 2 aromatic carbocycles. The Bertz CT molecular complexity index is 1300. The van der Waals surface area contributed by atoms with Crippen LogP contribution in [-0.2, 0) is 14.4 Å². The summed E-state index contributed by atoms with van der Waals surface area (Å²) in [4.78, 5) is 36.3. The first-order chi connectivity index (χ1) is 17.5. The molecule has 9 nitrogen and oxygen atoms in total. The van der Waals surface area contributed by atoms with Gasteiger partial charge in [-0.05, 0) is 45.9 Å². The molecule has 192 valence electrons. The Morgan fingerprint density at radius 1 is 0.973 bits per heavy atom. The number of hydrogen-bond acceptors (Lipinski definition) is 5. The van der Waals surface area contributed by atoms with Gasteiger partial charge in [0.1, 0.15) is 6.04 Å². The Labute approximate surface area is 215 Å². The lowest BCUT2D eigenvalue weighted by Gasteiger charge is -2.27. The normalized spacial score (nSPS) is 12.7. The number of carboxylic acids is 1. The minimum absolute atomic E-state index is 0.118. The highest BCUT2D eigenvalue weighted by Crippen LogP contribution is 2.27. The first kappa shape index (κ1) is 27.2. The van der Waals surface area contributed by atoms with Crippen molar-refractivity contribution < 1.29 is 24.6 Å². The highest BCUT2D eigenvalue weighted by atomic mass is 16.4. The number of amides is 2. The summed E-state index contributed by atoms with van der Waals surface area (Å²) in [5.74, 6) is -2.37. The molecule has 0 saturated heterocycles. The van der Waals surface area contributed by atoms with Crippen molar-refractivity contribution >= 4 is 17.8 Å². The molecule has 4 N–H and O–H groups in total. The van der Waals surface area contributed by atoms with E-state index in [1.165, 1.54) is 11.6 Å². The Hall–Kier alpha value is -4.42. The lowest BCUT2D eigenvalue weighted by atomic mass is 9.88. The molecule has 9 heteroatoms. The molecule has 0 aliphatic carbocycles. The van der Waals surface area contributed by atoms with E-state index >= 15 is 0 Å². The summed E-state index contributed by atoms with van der Waals surface area (Å²) in [5.41, 5.74) is 3.51. The zero-order valence-corrected chi connectivity index (χ0v) is 20.9. The third kappa shape index (κ3) is 6.84. The van der Waals surface area contributed by atoms with E-state index in [4.69, 9.17) is 5.26 Å². The van der Waals surface area contributed by atoms with E-state index in [0.29, 0.717) is 5.56 Å². The number of carbonyl (C=O) groups is 3. The second-order valence-electron chi connectivity index (χ2n) is 9.57. The van der Waals surface area contributed by atoms with Gasteiger partial charge in [-0.1, -0.05) is 50.2 Å². The van der Waals surface area contributed by atoms with Crippen molar-refractivity contribution in [3.63, 3.8) is 0 Å². The van der Waals surface area contributed by atoms with Gasteiger partial charge in [-0.2, -0.15) is 5.26 Å². The molecule has 0 aliphatic heterocycles. The molecule has 0 unspecified atom stereocenters. The zero-order chi connectivity index (χ0) is 27.2. The van der Waals surface area contributed by atoms with E-state index in [1.54, 1.807) is 44.4 Å². The van der Waals surface area contributed by atoms with E-state index < -0.39 is 29.4 Å². The number of carboxylic acid groups (broad SMARTS) is 1. The Balaban J connectivity index is 1.79. The first-order valence-electron chi connectivity index (χ1n) is 11.7. The molecule has 2 amide bonds. The van der Waals surface area contributed by atoms with E-state index in [2.05, 4.69) is 16.7 Å². The number of rotatable bonds is 10. The predicted octanol–water partition coefficient (Wildman–Crippen LogP) is 2.96. The highest BCUT2D eigenvalue weighted by Gasteiger charge is 2.34. The number of aliphatic hydroxyl groups excluding tert-OH is 1. The number of nitrogens with one attached hydrogen (secondary N) is 2. The molecular formula is C28H30N4O5. The van der Waals surface area contributed by atoms with Gasteiger partial charge in [-0.15, -0.1) is 0 Å². The van der Waals surface area contributed by atoms with Crippen molar-refractivity contribution in [2.75, 3.05) is 13.6 Å². The van der Waals surface area contributed by atoms with Gasteiger partial charge < -0.3 is 25.4 Å². The molecule has 0 bridgehead atoms. The van der Waals surface area contributed by atoms with Gasteiger partial charge in [0.25, 0.3) is 0 Å². The monoisotopic (exact) mass is 502 g/mol.